The minimum atomic E-state index is 0.531. The maximum Gasteiger partial charge on any atom is 0.138 e. The highest BCUT2D eigenvalue weighted by Crippen LogP contribution is 2.26. The number of ether oxygens (including phenoxy) is 1. The van der Waals surface area contributed by atoms with Gasteiger partial charge in [0.1, 0.15) is 17.4 Å². The first kappa shape index (κ1) is 15.2. The fourth-order valence-electron chi connectivity index (χ4n) is 2.05. The number of hydrogen-bond donors (Lipinski definition) is 1. The summed E-state index contributed by atoms with van der Waals surface area (Å²) in [5.41, 5.74) is 8.63. The first-order valence-electron chi connectivity index (χ1n) is 7.36. The van der Waals surface area contributed by atoms with Gasteiger partial charge < -0.3 is 10.5 Å². The van der Waals surface area contributed by atoms with Gasteiger partial charge in [-0.1, -0.05) is 13.8 Å². The van der Waals surface area contributed by atoms with Crippen molar-refractivity contribution in [1.29, 1.82) is 0 Å². The molecule has 2 heterocycles. The first-order valence-corrected chi connectivity index (χ1v) is 7.36. The quantitative estimate of drug-likeness (QED) is 0.882. The molecule has 0 aromatic carbocycles. The maximum atomic E-state index is 6.00. The van der Waals surface area contributed by atoms with Gasteiger partial charge in [0, 0.05) is 23.7 Å². The predicted octanol–water partition coefficient (Wildman–Crippen LogP) is 3.17. The second-order valence-corrected chi connectivity index (χ2v) is 5.01. The highest BCUT2D eigenvalue weighted by molar-refractivity contribution is 5.67. The summed E-state index contributed by atoms with van der Waals surface area (Å²) in [4.78, 5) is 13.2. The molecule has 0 atom stereocenters. The van der Waals surface area contributed by atoms with E-state index in [-0.39, 0.29) is 0 Å². The number of rotatable bonds is 6. The number of nitrogen functional groups attached to an aromatic ring is 1. The highest BCUT2D eigenvalue weighted by atomic mass is 16.5. The van der Waals surface area contributed by atoms with Crippen LogP contribution in [0.15, 0.2) is 18.5 Å². The molecule has 0 saturated carbocycles. The van der Waals surface area contributed by atoms with E-state index in [1.807, 2.05) is 13.0 Å². The summed E-state index contributed by atoms with van der Waals surface area (Å²) in [5.74, 6) is 2.06. The van der Waals surface area contributed by atoms with E-state index < -0.39 is 0 Å². The Kier molecular flexibility index (Phi) is 5.09. The summed E-state index contributed by atoms with van der Waals surface area (Å²) < 4.78 is 5.63. The predicted molar refractivity (Wildman–Crippen MR) is 84.2 cm³/mol. The molecule has 0 spiro atoms. The Hall–Kier alpha value is -2.17. The zero-order chi connectivity index (χ0) is 15.2. The molecule has 5 nitrogen and oxygen atoms in total. The van der Waals surface area contributed by atoms with Crippen molar-refractivity contribution in [2.45, 2.75) is 40.0 Å². The molecule has 5 heteroatoms. The SMILES string of the molecule is CCCOc1cncc(-c2nc(CCC)nc(N)c2C)c1. The summed E-state index contributed by atoms with van der Waals surface area (Å²) in [6, 6.07) is 1.95. The van der Waals surface area contributed by atoms with Crippen LogP contribution >= 0.6 is 0 Å². The topological polar surface area (TPSA) is 73.9 Å². The minimum absolute atomic E-state index is 0.531. The summed E-state index contributed by atoms with van der Waals surface area (Å²) in [7, 11) is 0. The summed E-state index contributed by atoms with van der Waals surface area (Å²) in [6.45, 7) is 6.78. The van der Waals surface area contributed by atoms with E-state index in [0.29, 0.717) is 12.4 Å². The van der Waals surface area contributed by atoms with Gasteiger partial charge >= 0.3 is 0 Å². The summed E-state index contributed by atoms with van der Waals surface area (Å²) in [5, 5.41) is 0. The lowest BCUT2D eigenvalue weighted by Crippen LogP contribution is -2.05. The number of anilines is 1. The second-order valence-electron chi connectivity index (χ2n) is 5.01. The van der Waals surface area contributed by atoms with Crippen LogP contribution in [0, 0.1) is 6.92 Å². The van der Waals surface area contributed by atoms with Crippen LogP contribution in [0.5, 0.6) is 5.75 Å². The van der Waals surface area contributed by atoms with E-state index in [1.54, 1.807) is 12.4 Å². The van der Waals surface area contributed by atoms with Crippen molar-refractivity contribution in [1.82, 2.24) is 15.0 Å². The molecule has 0 unspecified atom stereocenters. The molecule has 0 bridgehead atoms. The van der Waals surface area contributed by atoms with Gasteiger partial charge in [-0.3, -0.25) is 4.98 Å². The lowest BCUT2D eigenvalue weighted by Gasteiger charge is -2.11. The number of hydrogen-bond acceptors (Lipinski definition) is 5. The van der Waals surface area contributed by atoms with Crippen molar-refractivity contribution in [2.24, 2.45) is 0 Å². The van der Waals surface area contributed by atoms with E-state index in [0.717, 1.165) is 47.7 Å². The van der Waals surface area contributed by atoms with Gasteiger partial charge in [-0.25, -0.2) is 9.97 Å². The van der Waals surface area contributed by atoms with Crippen molar-refractivity contribution in [3.05, 3.63) is 29.8 Å². The third kappa shape index (κ3) is 3.68. The Bertz CT molecular complexity index is 613. The van der Waals surface area contributed by atoms with Crippen LogP contribution in [0.3, 0.4) is 0 Å². The number of aromatic nitrogens is 3. The van der Waals surface area contributed by atoms with E-state index in [4.69, 9.17) is 10.5 Å². The fourth-order valence-corrected chi connectivity index (χ4v) is 2.05. The molecule has 2 aromatic heterocycles. The third-order valence-electron chi connectivity index (χ3n) is 3.16. The van der Waals surface area contributed by atoms with E-state index in [1.165, 1.54) is 0 Å². The van der Waals surface area contributed by atoms with E-state index in [2.05, 4.69) is 28.8 Å². The zero-order valence-corrected chi connectivity index (χ0v) is 12.9. The van der Waals surface area contributed by atoms with Crippen LogP contribution in [-0.2, 0) is 6.42 Å². The molecule has 0 saturated heterocycles. The van der Waals surface area contributed by atoms with Crippen LogP contribution in [-0.4, -0.2) is 21.6 Å². The molecule has 2 N–H and O–H groups in total. The van der Waals surface area contributed by atoms with E-state index >= 15 is 0 Å². The molecule has 0 aliphatic carbocycles. The average Bonchev–Trinajstić information content (AvgIpc) is 2.49. The van der Waals surface area contributed by atoms with Crippen molar-refractivity contribution in [3.8, 4) is 17.0 Å². The minimum Gasteiger partial charge on any atom is -0.492 e. The molecular formula is C16H22N4O. The first-order chi connectivity index (χ1) is 10.2. The van der Waals surface area contributed by atoms with Crippen molar-refractivity contribution >= 4 is 5.82 Å². The molecule has 2 rings (SSSR count). The van der Waals surface area contributed by atoms with Gasteiger partial charge in [-0.15, -0.1) is 0 Å². The Morgan fingerprint density at radius 1 is 1.14 bits per heavy atom. The van der Waals surface area contributed by atoms with Crippen molar-refractivity contribution in [2.75, 3.05) is 12.3 Å². The van der Waals surface area contributed by atoms with Crippen LogP contribution < -0.4 is 10.5 Å². The van der Waals surface area contributed by atoms with Crippen molar-refractivity contribution < 1.29 is 4.74 Å². The molecule has 112 valence electrons. The number of nitrogens with zero attached hydrogens (tertiary/aromatic N) is 3. The second kappa shape index (κ2) is 7.02. The Morgan fingerprint density at radius 3 is 2.67 bits per heavy atom. The average molecular weight is 286 g/mol. The molecule has 21 heavy (non-hydrogen) atoms. The highest BCUT2D eigenvalue weighted by Gasteiger charge is 2.11. The summed E-state index contributed by atoms with van der Waals surface area (Å²) >= 11 is 0. The monoisotopic (exact) mass is 286 g/mol. The van der Waals surface area contributed by atoms with E-state index in [9.17, 15) is 0 Å². The third-order valence-corrected chi connectivity index (χ3v) is 3.16. The number of nitrogens with two attached hydrogens (primary N) is 1. The molecule has 2 aromatic rings. The Morgan fingerprint density at radius 2 is 1.95 bits per heavy atom. The normalized spacial score (nSPS) is 10.6. The van der Waals surface area contributed by atoms with Crippen LogP contribution in [0.1, 0.15) is 38.1 Å². The summed E-state index contributed by atoms with van der Waals surface area (Å²) in [6.07, 6.45) is 6.26. The maximum absolute atomic E-state index is 6.00. The van der Waals surface area contributed by atoms with Gasteiger partial charge in [0.15, 0.2) is 0 Å². The smallest absolute Gasteiger partial charge is 0.138 e. The number of pyridine rings is 1. The molecule has 0 aliphatic heterocycles. The van der Waals surface area contributed by atoms with Gasteiger partial charge in [-0.2, -0.15) is 0 Å². The largest absolute Gasteiger partial charge is 0.492 e. The van der Waals surface area contributed by atoms with Crippen LogP contribution in [0.2, 0.25) is 0 Å². The van der Waals surface area contributed by atoms with Gasteiger partial charge in [0.05, 0.1) is 18.5 Å². The fraction of sp³-hybridized carbons (Fsp3) is 0.438. The van der Waals surface area contributed by atoms with Crippen molar-refractivity contribution in [3.63, 3.8) is 0 Å². The van der Waals surface area contributed by atoms with Gasteiger partial charge in [-0.05, 0) is 25.8 Å². The van der Waals surface area contributed by atoms with Crippen LogP contribution in [0.25, 0.3) is 11.3 Å². The van der Waals surface area contributed by atoms with Gasteiger partial charge in [0.25, 0.3) is 0 Å². The lowest BCUT2D eigenvalue weighted by molar-refractivity contribution is 0.316. The lowest BCUT2D eigenvalue weighted by atomic mass is 10.1. The standard InChI is InChI=1S/C16H22N4O/c1-4-6-14-19-15(11(3)16(17)20-14)12-8-13(10-18-9-12)21-7-5-2/h8-10H,4-7H2,1-3H3,(H2,17,19,20). The molecular weight excluding hydrogens is 264 g/mol. The zero-order valence-electron chi connectivity index (χ0n) is 12.9. The molecule has 0 fully saturated rings. The van der Waals surface area contributed by atoms with Crippen LogP contribution in [0.4, 0.5) is 5.82 Å². The Balaban J connectivity index is 2.40. The Labute approximate surface area is 125 Å². The van der Waals surface area contributed by atoms with Gasteiger partial charge in [0.2, 0.25) is 0 Å². The molecule has 0 aliphatic rings. The molecule has 0 radical (unpaired) electrons. The number of aryl methyl sites for hydroxylation is 1. The molecule has 0 amide bonds.